The van der Waals surface area contributed by atoms with Gasteiger partial charge in [-0.1, -0.05) is 11.8 Å². The molecule has 0 fully saturated rings. The molecule has 1 amide bonds. The Morgan fingerprint density at radius 1 is 1.09 bits per heavy atom. The van der Waals surface area contributed by atoms with Crippen LogP contribution in [0, 0.1) is 26.6 Å². The summed E-state index contributed by atoms with van der Waals surface area (Å²) >= 11 is 1.23. The van der Waals surface area contributed by atoms with Gasteiger partial charge >= 0.3 is 0 Å². The van der Waals surface area contributed by atoms with Crippen LogP contribution in [0.1, 0.15) is 22.6 Å². The molecule has 4 aromatic rings. The molecule has 35 heavy (non-hydrogen) atoms. The number of aromatic amines is 1. The van der Waals surface area contributed by atoms with Crippen LogP contribution in [0.2, 0.25) is 0 Å². The molecule has 3 heterocycles. The maximum absolute atomic E-state index is 13.7. The molecule has 0 aliphatic carbocycles. The third kappa shape index (κ3) is 6.82. The Morgan fingerprint density at radius 3 is 2.66 bits per heavy atom. The van der Waals surface area contributed by atoms with E-state index in [1.54, 1.807) is 18.3 Å². The number of hydrogen-bond acceptors (Lipinski definition) is 7. The molecule has 1 aromatic carbocycles. The minimum atomic E-state index is -0.293. The van der Waals surface area contributed by atoms with Crippen molar-refractivity contribution in [2.24, 2.45) is 4.99 Å². The molecule has 0 spiro atoms. The van der Waals surface area contributed by atoms with E-state index in [9.17, 15) is 9.18 Å². The number of amides is 1. The molecule has 11 heteroatoms. The Balaban J connectivity index is 1.46. The van der Waals surface area contributed by atoms with Crippen molar-refractivity contribution < 1.29 is 9.18 Å². The maximum Gasteiger partial charge on any atom is 0.237 e. The molecule has 0 saturated carbocycles. The largest absolute Gasteiger partial charge is 0.361 e. The van der Waals surface area contributed by atoms with E-state index in [2.05, 4.69) is 40.5 Å². The summed E-state index contributed by atoms with van der Waals surface area (Å²) < 4.78 is 13.7. The SMILES string of the molecule is Cc1cc(C)nc(NC(=NCCc2c[nH]c3ccc(F)cc23)NC(=O)CSc2nccc(C)n2)n1. The van der Waals surface area contributed by atoms with Gasteiger partial charge in [0.1, 0.15) is 5.82 Å². The van der Waals surface area contributed by atoms with Crippen LogP contribution >= 0.6 is 11.8 Å². The number of aliphatic imine (C=N–C) groups is 1. The fourth-order valence-electron chi connectivity index (χ4n) is 3.44. The van der Waals surface area contributed by atoms with E-state index in [-0.39, 0.29) is 23.4 Å². The Bertz CT molecular complexity index is 1370. The van der Waals surface area contributed by atoms with Gasteiger partial charge in [0.25, 0.3) is 0 Å². The monoisotopic (exact) mass is 492 g/mol. The number of fused-ring (bicyclic) bond motifs is 1. The second kappa shape index (κ2) is 11.0. The van der Waals surface area contributed by atoms with Crippen molar-refractivity contribution in [1.82, 2.24) is 30.2 Å². The number of nitrogens with one attached hydrogen (secondary N) is 3. The van der Waals surface area contributed by atoms with Gasteiger partial charge in [-0.3, -0.25) is 20.4 Å². The molecule has 3 N–H and O–H groups in total. The Hall–Kier alpha value is -3.86. The number of hydrogen-bond donors (Lipinski definition) is 3. The van der Waals surface area contributed by atoms with Crippen LogP contribution < -0.4 is 10.6 Å². The number of benzene rings is 1. The van der Waals surface area contributed by atoms with Crippen LogP contribution in [0.3, 0.4) is 0 Å². The Morgan fingerprint density at radius 2 is 1.89 bits per heavy atom. The standard InChI is InChI=1S/C24H25FN8OS/c1-14-6-8-27-24(31-14)35-13-21(34)32-22(33-23-29-15(2)10-16(3)30-23)26-9-7-17-12-28-20-5-4-18(25)11-19(17)20/h4-6,8,10-12,28H,7,9,13H2,1-3H3,(H2,26,29,30,32,33,34). The van der Waals surface area contributed by atoms with E-state index < -0.39 is 0 Å². The first kappa shape index (κ1) is 24.3. The van der Waals surface area contributed by atoms with Crippen LogP contribution in [-0.2, 0) is 11.2 Å². The lowest BCUT2D eigenvalue weighted by molar-refractivity contribution is -0.117. The summed E-state index contributed by atoms with van der Waals surface area (Å²) in [6, 6.07) is 8.28. The van der Waals surface area contributed by atoms with Crippen LogP contribution in [-0.4, -0.2) is 49.1 Å². The number of thioether (sulfide) groups is 1. The zero-order valence-electron chi connectivity index (χ0n) is 19.6. The molecular formula is C24H25FN8OS. The molecule has 0 unspecified atom stereocenters. The minimum absolute atomic E-state index is 0.111. The summed E-state index contributed by atoms with van der Waals surface area (Å²) in [6.45, 7) is 5.95. The van der Waals surface area contributed by atoms with Crippen molar-refractivity contribution in [3.8, 4) is 0 Å². The van der Waals surface area contributed by atoms with Gasteiger partial charge in [0, 0.05) is 46.9 Å². The third-order valence-corrected chi connectivity index (χ3v) is 5.82. The second-order valence-electron chi connectivity index (χ2n) is 7.90. The number of anilines is 1. The molecule has 0 bridgehead atoms. The van der Waals surface area contributed by atoms with Gasteiger partial charge in [0.2, 0.25) is 17.8 Å². The van der Waals surface area contributed by atoms with Gasteiger partial charge in [0.15, 0.2) is 5.16 Å². The fraction of sp³-hybridized carbons (Fsp3) is 0.250. The number of H-pyrrole nitrogens is 1. The molecule has 3 aromatic heterocycles. The molecule has 0 aliphatic heterocycles. The van der Waals surface area contributed by atoms with Gasteiger partial charge < -0.3 is 4.98 Å². The van der Waals surface area contributed by atoms with Gasteiger partial charge in [-0.25, -0.2) is 24.3 Å². The fourth-order valence-corrected chi connectivity index (χ4v) is 4.11. The van der Waals surface area contributed by atoms with Gasteiger partial charge in [-0.15, -0.1) is 0 Å². The lowest BCUT2D eigenvalue weighted by Crippen LogP contribution is -2.38. The van der Waals surface area contributed by atoms with Gasteiger partial charge in [0.05, 0.1) is 5.75 Å². The van der Waals surface area contributed by atoms with Gasteiger partial charge in [-0.05, 0) is 63.1 Å². The average molecular weight is 493 g/mol. The molecular weight excluding hydrogens is 467 g/mol. The number of aromatic nitrogens is 5. The predicted molar refractivity (Wildman–Crippen MR) is 135 cm³/mol. The van der Waals surface area contributed by atoms with Crippen molar-refractivity contribution in [2.75, 3.05) is 17.6 Å². The van der Waals surface area contributed by atoms with E-state index in [0.29, 0.717) is 24.1 Å². The quantitative estimate of drug-likeness (QED) is 0.156. The molecule has 0 atom stereocenters. The smallest absolute Gasteiger partial charge is 0.237 e. The number of nitrogens with zero attached hydrogens (tertiary/aromatic N) is 5. The zero-order valence-corrected chi connectivity index (χ0v) is 20.4. The van der Waals surface area contributed by atoms with Crippen LogP contribution in [0.15, 0.2) is 52.9 Å². The highest BCUT2D eigenvalue weighted by Crippen LogP contribution is 2.20. The van der Waals surface area contributed by atoms with Crippen molar-refractivity contribution in [3.05, 3.63) is 71.2 Å². The third-order valence-electron chi connectivity index (χ3n) is 4.96. The number of carbonyl (C=O) groups excluding carboxylic acids is 1. The maximum atomic E-state index is 13.7. The van der Waals surface area contributed by atoms with Crippen LogP contribution in [0.5, 0.6) is 0 Å². The Labute approximate surface area is 206 Å². The van der Waals surface area contributed by atoms with E-state index in [1.165, 1.54) is 23.9 Å². The molecule has 0 radical (unpaired) electrons. The predicted octanol–water partition coefficient (Wildman–Crippen LogP) is 3.73. The summed E-state index contributed by atoms with van der Waals surface area (Å²) in [5.74, 6) is 0.116. The number of halogens is 1. The van der Waals surface area contributed by atoms with Crippen molar-refractivity contribution >= 4 is 40.5 Å². The van der Waals surface area contributed by atoms with Crippen molar-refractivity contribution in [2.45, 2.75) is 32.3 Å². The number of rotatable bonds is 7. The molecule has 180 valence electrons. The first-order valence-electron chi connectivity index (χ1n) is 11.0. The summed E-state index contributed by atoms with van der Waals surface area (Å²) in [5.41, 5.74) is 4.20. The topological polar surface area (TPSA) is 121 Å². The van der Waals surface area contributed by atoms with Crippen molar-refractivity contribution in [1.29, 1.82) is 0 Å². The highest BCUT2D eigenvalue weighted by Gasteiger charge is 2.11. The summed E-state index contributed by atoms with van der Waals surface area (Å²) in [6.07, 6.45) is 4.05. The Kier molecular flexibility index (Phi) is 7.66. The number of aryl methyl sites for hydroxylation is 3. The molecule has 9 nitrogen and oxygen atoms in total. The zero-order chi connectivity index (χ0) is 24.8. The number of carbonyl (C=O) groups is 1. The van der Waals surface area contributed by atoms with E-state index in [4.69, 9.17) is 0 Å². The first-order valence-corrected chi connectivity index (χ1v) is 12.0. The summed E-state index contributed by atoms with van der Waals surface area (Å²) in [4.78, 5) is 37.5. The lowest BCUT2D eigenvalue weighted by atomic mass is 10.1. The summed E-state index contributed by atoms with van der Waals surface area (Å²) in [5, 5.41) is 7.14. The molecule has 0 saturated heterocycles. The van der Waals surface area contributed by atoms with Crippen molar-refractivity contribution in [3.63, 3.8) is 0 Å². The molecule has 4 rings (SSSR count). The van der Waals surface area contributed by atoms with Crippen LogP contribution in [0.4, 0.5) is 10.3 Å². The highest BCUT2D eigenvalue weighted by molar-refractivity contribution is 7.99. The normalized spacial score (nSPS) is 11.6. The minimum Gasteiger partial charge on any atom is -0.361 e. The first-order chi connectivity index (χ1) is 16.9. The highest BCUT2D eigenvalue weighted by atomic mass is 32.2. The second-order valence-corrected chi connectivity index (χ2v) is 8.84. The number of guanidine groups is 1. The summed E-state index contributed by atoms with van der Waals surface area (Å²) in [7, 11) is 0. The van der Waals surface area contributed by atoms with E-state index in [1.807, 2.05) is 33.0 Å². The van der Waals surface area contributed by atoms with E-state index in [0.717, 1.165) is 33.5 Å². The van der Waals surface area contributed by atoms with Crippen LogP contribution in [0.25, 0.3) is 10.9 Å². The molecule has 0 aliphatic rings. The average Bonchev–Trinajstić information content (AvgIpc) is 3.19. The van der Waals surface area contributed by atoms with Gasteiger partial charge in [-0.2, -0.15) is 0 Å². The lowest BCUT2D eigenvalue weighted by Gasteiger charge is -2.11. The van der Waals surface area contributed by atoms with E-state index >= 15 is 0 Å².